The van der Waals surface area contributed by atoms with Gasteiger partial charge in [-0.2, -0.15) is 0 Å². The Balaban J connectivity index is 1.42. The average molecular weight is 370 g/mol. The summed E-state index contributed by atoms with van der Waals surface area (Å²) in [5.74, 6) is -0.743. The van der Waals surface area contributed by atoms with Crippen LogP contribution in [0.25, 0.3) is 0 Å². The number of piperidine rings is 2. The fraction of sp³-hybridized carbons (Fsp3) is 0.550. The lowest BCUT2D eigenvalue weighted by atomic mass is 10.0. The lowest BCUT2D eigenvalue weighted by molar-refractivity contribution is -0.136. The van der Waals surface area contributed by atoms with Gasteiger partial charge in [0.05, 0.1) is 0 Å². The summed E-state index contributed by atoms with van der Waals surface area (Å²) >= 11 is 0. The summed E-state index contributed by atoms with van der Waals surface area (Å²) in [5, 5.41) is 9.38. The molecule has 144 valence electrons. The molecule has 3 heterocycles. The van der Waals surface area contributed by atoms with Crippen molar-refractivity contribution < 1.29 is 14.4 Å². The number of benzene rings is 1. The average Bonchev–Trinajstić information content (AvgIpc) is 3.00. The van der Waals surface area contributed by atoms with Crippen LogP contribution < -0.4 is 16.0 Å². The molecule has 27 heavy (non-hydrogen) atoms. The number of nitrogens with one attached hydrogen (secondary N) is 3. The summed E-state index contributed by atoms with van der Waals surface area (Å²) in [4.78, 5) is 38.0. The van der Waals surface area contributed by atoms with Crippen molar-refractivity contribution in [2.45, 2.75) is 57.3 Å². The van der Waals surface area contributed by atoms with Crippen molar-refractivity contribution in [1.29, 1.82) is 0 Å². The summed E-state index contributed by atoms with van der Waals surface area (Å²) < 4.78 is 0. The zero-order chi connectivity index (χ0) is 18.8. The van der Waals surface area contributed by atoms with Crippen molar-refractivity contribution >= 4 is 17.7 Å². The number of carbonyl (C=O) groups is 3. The van der Waals surface area contributed by atoms with Crippen LogP contribution in [0.5, 0.6) is 0 Å². The predicted octanol–water partition coefficient (Wildman–Crippen LogP) is 0.679. The summed E-state index contributed by atoms with van der Waals surface area (Å²) in [6.45, 7) is 3.13. The lowest BCUT2D eigenvalue weighted by Gasteiger charge is -2.29. The highest BCUT2D eigenvalue weighted by atomic mass is 16.2. The molecule has 3 aliphatic heterocycles. The van der Waals surface area contributed by atoms with E-state index in [0.717, 1.165) is 24.2 Å². The first-order chi connectivity index (χ1) is 13.1. The zero-order valence-corrected chi connectivity index (χ0v) is 15.4. The van der Waals surface area contributed by atoms with Gasteiger partial charge in [0.15, 0.2) is 0 Å². The number of hydrogen-bond acceptors (Lipinski definition) is 5. The molecule has 0 spiro atoms. The molecule has 3 amide bonds. The van der Waals surface area contributed by atoms with Gasteiger partial charge in [0, 0.05) is 37.7 Å². The van der Waals surface area contributed by atoms with Gasteiger partial charge in [0.1, 0.15) is 6.04 Å². The molecule has 1 unspecified atom stereocenters. The van der Waals surface area contributed by atoms with Crippen LogP contribution >= 0.6 is 0 Å². The first-order valence-corrected chi connectivity index (χ1v) is 9.83. The summed E-state index contributed by atoms with van der Waals surface area (Å²) in [6.07, 6.45) is 4.39. The van der Waals surface area contributed by atoms with Crippen molar-refractivity contribution in [2.24, 2.45) is 0 Å². The Kier molecular flexibility index (Phi) is 5.22. The monoisotopic (exact) mass is 370 g/mol. The molecule has 1 aromatic carbocycles. The summed E-state index contributed by atoms with van der Waals surface area (Å²) in [5.41, 5.74) is 2.78. The Morgan fingerprint density at radius 3 is 2.81 bits per heavy atom. The van der Waals surface area contributed by atoms with Crippen LogP contribution in [-0.4, -0.2) is 47.8 Å². The van der Waals surface area contributed by atoms with Gasteiger partial charge in [-0.05, 0) is 43.0 Å². The zero-order valence-electron chi connectivity index (χ0n) is 15.4. The van der Waals surface area contributed by atoms with E-state index in [-0.39, 0.29) is 24.1 Å². The second-order valence-corrected chi connectivity index (χ2v) is 7.62. The lowest BCUT2D eigenvalue weighted by Crippen LogP contribution is -2.52. The molecule has 0 radical (unpaired) electrons. The van der Waals surface area contributed by atoms with E-state index in [0.29, 0.717) is 31.1 Å². The molecular formula is C20H26N4O3. The molecule has 3 N–H and O–H groups in total. The highest BCUT2D eigenvalue weighted by molar-refractivity contribution is 6.05. The van der Waals surface area contributed by atoms with Crippen molar-refractivity contribution in [1.82, 2.24) is 20.9 Å². The number of fused-ring (bicyclic) bond motifs is 1. The Morgan fingerprint density at radius 1 is 1.15 bits per heavy atom. The van der Waals surface area contributed by atoms with Crippen LogP contribution in [0, 0.1) is 0 Å². The molecule has 1 aromatic rings. The van der Waals surface area contributed by atoms with Crippen LogP contribution in [0.2, 0.25) is 0 Å². The van der Waals surface area contributed by atoms with Gasteiger partial charge in [0.2, 0.25) is 11.8 Å². The maximum atomic E-state index is 12.8. The highest BCUT2D eigenvalue weighted by Crippen LogP contribution is 2.29. The number of amides is 3. The minimum absolute atomic E-state index is 0.115. The third-order valence-electron chi connectivity index (χ3n) is 5.80. The fourth-order valence-corrected chi connectivity index (χ4v) is 4.29. The highest BCUT2D eigenvalue weighted by Gasteiger charge is 2.39. The summed E-state index contributed by atoms with van der Waals surface area (Å²) in [7, 11) is 0. The van der Waals surface area contributed by atoms with E-state index in [1.807, 2.05) is 18.2 Å². The van der Waals surface area contributed by atoms with Crippen LogP contribution in [0.3, 0.4) is 0 Å². The topological polar surface area (TPSA) is 90.5 Å². The van der Waals surface area contributed by atoms with E-state index >= 15 is 0 Å². The fourth-order valence-electron chi connectivity index (χ4n) is 4.29. The quantitative estimate of drug-likeness (QED) is 0.663. The van der Waals surface area contributed by atoms with E-state index in [4.69, 9.17) is 0 Å². The molecule has 0 aliphatic carbocycles. The Labute approximate surface area is 158 Å². The smallest absolute Gasteiger partial charge is 0.255 e. The Bertz CT molecular complexity index is 758. The predicted molar refractivity (Wildman–Crippen MR) is 99.8 cm³/mol. The molecule has 7 nitrogen and oxygen atoms in total. The maximum Gasteiger partial charge on any atom is 0.255 e. The molecule has 2 saturated heterocycles. The molecule has 0 aromatic heterocycles. The molecule has 0 bridgehead atoms. The number of hydrogen-bond donors (Lipinski definition) is 3. The van der Waals surface area contributed by atoms with Gasteiger partial charge in [0.25, 0.3) is 5.91 Å². The van der Waals surface area contributed by atoms with Gasteiger partial charge in [-0.25, -0.2) is 0 Å². The van der Waals surface area contributed by atoms with E-state index in [9.17, 15) is 14.4 Å². The Hall–Kier alpha value is -2.25. The normalized spacial score (nSPS) is 25.5. The number of imide groups is 1. The van der Waals surface area contributed by atoms with Crippen molar-refractivity contribution in [3.63, 3.8) is 0 Å². The van der Waals surface area contributed by atoms with Gasteiger partial charge < -0.3 is 15.5 Å². The van der Waals surface area contributed by atoms with Gasteiger partial charge in [-0.1, -0.05) is 18.6 Å². The van der Waals surface area contributed by atoms with Gasteiger partial charge in [-0.3, -0.25) is 19.7 Å². The largest absolute Gasteiger partial charge is 0.322 e. The SMILES string of the molecule is O=C1CCC(N2Cc3c(CNC[C@H]4CCCCN4)cccc3C2=O)C(=O)N1. The molecule has 0 saturated carbocycles. The second kappa shape index (κ2) is 7.78. The third kappa shape index (κ3) is 3.75. The van der Waals surface area contributed by atoms with Crippen LogP contribution in [0.4, 0.5) is 0 Å². The van der Waals surface area contributed by atoms with Crippen molar-refractivity contribution in [3.8, 4) is 0 Å². The summed E-state index contributed by atoms with van der Waals surface area (Å²) in [6, 6.07) is 5.73. The molecule has 7 heteroatoms. The van der Waals surface area contributed by atoms with Crippen LogP contribution in [0.1, 0.15) is 53.6 Å². The molecule has 3 aliphatic rings. The third-order valence-corrected chi connectivity index (χ3v) is 5.80. The first kappa shape index (κ1) is 18.1. The first-order valence-electron chi connectivity index (χ1n) is 9.83. The minimum Gasteiger partial charge on any atom is -0.322 e. The van der Waals surface area contributed by atoms with Gasteiger partial charge >= 0.3 is 0 Å². The van der Waals surface area contributed by atoms with Gasteiger partial charge in [-0.15, -0.1) is 0 Å². The van der Waals surface area contributed by atoms with E-state index in [2.05, 4.69) is 16.0 Å². The Morgan fingerprint density at radius 2 is 2.04 bits per heavy atom. The molecular weight excluding hydrogens is 344 g/mol. The van der Waals surface area contributed by atoms with Crippen molar-refractivity contribution in [2.75, 3.05) is 13.1 Å². The van der Waals surface area contributed by atoms with E-state index in [1.165, 1.54) is 19.3 Å². The standard InChI is InChI=1S/C20H26N4O3/c25-18-8-7-17(19(26)23-18)24-12-16-13(4-3-6-15(16)20(24)27)10-21-11-14-5-1-2-9-22-14/h3-4,6,14,17,21-22H,1-2,5,7-12H2,(H,23,25,26)/t14-,17?/m1/s1. The van der Waals surface area contributed by atoms with E-state index in [1.54, 1.807) is 4.90 Å². The van der Waals surface area contributed by atoms with Crippen LogP contribution in [0.15, 0.2) is 18.2 Å². The number of rotatable bonds is 5. The minimum atomic E-state index is -0.560. The van der Waals surface area contributed by atoms with Crippen LogP contribution in [-0.2, 0) is 22.7 Å². The molecule has 4 rings (SSSR count). The number of carbonyl (C=O) groups excluding carboxylic acids is 3. The number of nitrogens with zero attached hydrogens (tertiary/aromatic N) is 1. The molecule has 2 atom stereocenters. The molecule has 2 fully saturated rings. The van der Waals surface area contributed by atoms with E-state index < -0.39 is 6.04 Å². The van der Waals surface area contributed by atoms with Crippen molar-refractivity contribution in [3.05, 3.63) is 34.9 Å². The maximum absolute atomic E-state index is 12.8. The second-order valence-electron chi connectivity index (χ2n) is 7.62.